The minimum Gasteiger partial charge on any atom is -0.508 e. The van der Waals surface area contributed by atoms with Gasteiger partial charge in [0.1, 0.15) is 17.4 Å². The molecule has 4 rings (SSSR count). The normalized spacial score (nSPS) is 17.1. The summed E-state index contributed by atoms with van der Waals surface area (Å²) in [6.45, 7) is 3.60. The molecule has 1 aliphatic heterocycles. The van der Waals surface area contributed by atoms with Gasteiger partial charge in [0.25, 0.3) is 5.69 Å². The predicted octanol–water partition coefficient (Wildman–Crippen LogP) is 5.21. The number of amides is 1. The third kappa shape index (κ3) is 5.28. The molecule has 0 saturated carbocycles. The molecular formula is C25H22ClN5O5. The lowest BCUT2D eigenvalue weighted by Gasteiger charge is -2.28. The van der Waals surface area contributed by atoms with Crippen molar-refractivity contribution in [2.75, 3.05) is 10.6 Å². The number of carbonyl (C=O) groups is 1. The topological polar surface area (TPSA) is 149 Å². The van der Waals surface area contributed by atoms with E-state index in [4.69, 9.17) is 11.6 Å². The van der Waals surface area contributed by atoms with Crippen LogP contribution in [0.15, 0.2) is 70.6 Å². The Morgan fingerprint density at radius 3 is 2.42 bits per heavy atom. The van der Waals surface area contributed by atoms with Crippen molar-refractivity contribution in [2.24, 2.45) is 15.9 Å². The Labute approximate surface area is 211 Å². The van der Waals surface area contributed by atoms with E-state index in [2.05, 4.69) is 20.6 Å². The van der Waals surface area contributed by atoms with Crippen molar-refractivity contribution in [1.29, 1.82) is 0 Å². The number of aryl methyl sites for hydroxylation is 1. The van der Waals surface area contributed by atoms with Crippen molar-refractivity contribution in [2.45, 2.75) is 19.9 Å². The van der Waals surface area contributed by atoms with Gasteiger partial charge in [0, 0.05) is 35.2 Å². The lowest BCUT2D eigenvalue weighted by atomic mass is 9.87. The number of nitrogens with zero attached hydrogens (tertiary/aromatic N) is 3. The van der Waals surface area contributed by atoms with Crippen LogP contribution in [0.25, 0.3) is 0 Å². The van der Waals surface area contributed by atoms with Crippen LogP contribution in [0, 0.1) is 23.0 Å². The van der Waals surface area contributed by atoms with Gasteiger partial charge >= 0.3 is 0 Å². The number of hydrogen-bond acceptors (Lipinski definition) is 8. The number of halogens is 1. The molecule has 11 heteroatoms. The van der Waals surface area contributed by atoms with Gasteiger partial charge in [0.2, 0.25) is 11.9 Å². The zero-order chi connectivity index (χ0) is 26.0. The number of phenols is 2. The van der Waals surface area contributed by atoms with E-state index < -0.39 is 16.9 Å². The first-order valence-electron chi connectivity index (χ1n) is 10.9. The van der Waals surface area contributed by atoms with Gasteiger partial charge in [0.05, 0.1) is 21.7 Å². The number of nitro groups is 1. The van der Waals surface area contributed by atoms with Gasteiger partial charge in [-0.2, -0.15) is 0 Å². The summed E-state index contributed by atoms with van der Waals surface area (Å²) in [5.41, 5.74) is 2.51. The van der Waals surface area contributed by atoms with Gasteiger partial charge in [-0.05, 0) is 44.2 Å². The second-order valence-corrected chi connectivity index (χ2v) is 8.68. The SMILES string of the molecule is CC1=NC(Nc2ccc([N+](=O)[O-])cc2Cl)=NC(c2ccc(O)cc2O)C1C(=O)Nc1ccc(C)cc1. The maximum Gasteiger partial charge on any atom is 0.271 e. The first-order chi connectivity index (χ1) is 17.1. The number of nitro benzene ring substituents is 1. The number of guanidine groups is 1. The van der Waals surface area contributed by atoms with Crippen LogP contribution < -0.4 is 10.6 Å². The van der Waals surface area contributed by atoms with Gasteiger partial charge in [-0.3, -0.25) is 14.9 Å². The third-order valence-electron chi connectivity index (χ3n) is 5.65. The van der Waals surface area contributed by atoms with Crippen molar-refractivity contribution in [3.8, 4) is 11.5 Å². The van der Waals surface area contributed by atoms with Crippen LogP contribution >= 0.6 is 11.6 Å². The number of non-ortho nitro benzene ring substituents is 1. The number of phenolic OH excluding ortho intramolecular Hbond substituents is 2. The molecule has 184 valence electrons. The van der Waals surface area contributed by atoms with Crippen molar-refractivity contribution in [3.05, 3.63) is 86.9 Å². The fourth-order valence-corrected chi connectivity index (χ4v) is 4.04. The third-order valence-corrected chi connectivity index (χ3v) is 5.97. The monoisotopic (exact) mass is 507 g/mol. The molecule has 3 aromatic rings. The van der Waals surface area contributed by atoms with Gasteiger partial charge < -0.3 is 20.8 Å². The largest absolute Gasteiger partial charge is 0.508 e. The molecule has 0 aliphatic carbocycles. The Hall–Kier alpha value is -4.44. The molecular weight excluding hydrogens is 486 g/mol. The maximum absolute atomic E-state index is 13.3. The first-order valence-corrected chi connectivity index (χ1v) is 11.2. The van der Waals surface area contributed by atoms with E-state index >= 15 is 0 Å². The minimum absolute atomic E-state index is 0.0861. The Kier molecular flexibility index (Phi) is 6.89. The minimum atomic E-state index is -0.895. The highest BCUT2D eigenvalue weighted by Crippen LogP contribution is 2.38. The lowest BCUT2D eigenvalue weighted by Crippen LogP contribution is -2.37. The summed E-state index contributed by atoms with van der Waals surface area (Å²) in [5.74, 6) is -1.54. The van der Waals surface area contributed by atoms with Crippen molar-refractivity contribution in [3.63, 3.8) is 0 Å². The molecule has 2 unspecified atom stereocenters. The summed E-state index contributed by atoms with van der Waals surface area (Å²) in [5, 5.41) is 37.2. The Bertz CT molecular complexity index is 1400. The van der Waals surface area contributed by atoms with E-state index in [-0.39, 0.29) is 34.1 Å². The molecule has 3 aromatic carbocycles. The molecule has 1 aliphatic rings. The fraction of sp³-hybridized carbons (Fsp3) is 0.160. The molecule has 1 amide bonds. The fourth-order valence-electron chi connectivity index (χ4n) is 3.82. The van der Waals surface area contributed by atoms with Crippen LogP contribution in [0.4, 0.5) is 17.1 Å². The number of hydrogen-bond donors (Lipinski definition) is 4. The number of carbonyl (C=O) groups excluding carboxylic acids is 1. The van der Waals surface area contributed by atoms with Crippen LogP contribution in [-0.2, 0) is 4.79 Å². The van der Waals surface area contributed by atoms with E-state index in [0.29, 0.717) is 22.6 Å². The second-order valence-electron chi connectivity index (χ2n) is 8.27. The number of nitrogens with one attached hydrogen (secondary N) is 2. The highest BCUT2D eigenvalue weighted by atomic mass is 35.5. The molecule has 0 saturated heterocycles. The zero-order valence-electron chi connectivity index (χ0n) is 19.3. The molecule has 0 aromatic heterocycles. The van der Waals surface area contributed by atoms with Crippen molar-refractivity contribution in [1.82, 2.24) is 0 Å². The van der Waals surface area contributed by atoms with E-state index in [9.17, 15) is 25.1 Å². The summed E-state index contributed by atoms with van der Waals surface area (Å²) in [7, 11) is 0. The molecule has 0 radical (unpaired) electrons. The van der Waals surface area contributed by atoms with Gasteiger partial charge in [-0.1, -0.05) is 29.3 Å². The van der Waals surface area contributed by atoms with E-state index in [0.717, 1.165) is 5.56 Å². The Balaban J connectivity index is 1.70. The van der Waals surface area contributed by atoms with Crippen molar-refractivity contribution >= 4 is 46.2 Å². The van der Waals surface area contributed by atoms with Crippen LogP contribution in [0.1, 0.15) is 24.1 Å². The summed E-state index contributed by atoms with van der Waals surface area (Å²) in [4.78, 5) is 32.8. The number of aromatic hydroxyl groups is 2. The van der Waals surface area contributed by atoms with Crippen LogP contribution in [0.2, 0.25) is 5.02 Å². The maximum atomic E-state index is 13.3. The second kappa shape index (κ2) is 10.0. The van der Waals surface area contributed by atoms with E-state index in [1.807, 2.05) is 19.1 Å². The van der Waals surface area contributed by atoms with Crippen molar-refractivity contribution < 1.29 is 19.9 Å². The smallest absolute Gasteiger partial charge is 0.271 e. The standard InChI is InChI=1S/C25H22ClN5O5/c1-13-3-5-15(6-4-13)28-24(34)22-14(2)27-25(29-20-10-7-16(31(35)36)11-19(20)26)30-23(22)18-9-8-17(32)12-21(18)33/h3-12,22-23,32-33H,1-2H3,(H,28,34)(H,29,30). The van der Waals surface area contributed by atoms with Crippen LogP contribution in [0.5, 0.6) is 11.5 Å². The summed E-state index contributed by atoms with van der Waals surface area (Å²) >= 11 is 6.20. The molecule has 1 heterocycles. The highest BCUT2D eigenvalue weighted by molar-refractivity contribution is 6.34. The Morgan fingerprint density at radius 2 is 1.78 bits per heavy atom. The molecule has 0 fully saturated rings. The van der Waals surface area contributed by atoms with Gasteiger partial charge in [-0.25, -0.2) is 9.98 Å². The first kappa shape index (κ1) is 24.7. The van der Waals surface area contributed by atoms with E-state index in [1.165, 1.54) is 36.4 Å². The van der Waals surface area contributed by atoms with Gasteiger partial charge in [0.15, 0.2) is 0 Å². The summed E-state index contributed by atoms with van der Waals surface area (Å²) < 4.78 is 0. The van der Waals surface area contributed by atoms with Crippen LogP contribution in [-0.4, -0.2) is 32.7 Å². The molecule has 0 bridgehead atoms. The molecule has 0 spiro atoms. The molecule has 10 nitrogen and oxygen atoms in total. The lowest BCUT2D eigenvalue weighted by molar-refractivity contribution is -0.384. The molecule has 36 heavy (non-hydrogen) atoms. The number of benzene rings is 3. The predicted molar refractivity (Wildman–Crippen MR) is 138 cm³/mol. The summed E-state index contributed by atoms with van der Waals surface area (Å²) in [6.07, 6.45) is 0. The quantitative estimate of drug-likeness (QED) is 0.275. The number of anilines is 2. The molecule has 4 N–H and O–H groups in total. The zero-order valence-corrected chi connectivity index (χ0v) is 20.0. The van der Waals surface area contributed by atoms with E-state index in [1.54, 1.807) is 19.1 Å². The number of rotatable bonds is 5. The highest BCUT2D eigenvalue weighted by Gasteiger charge is 2.37. The number of aliphatic imine (C=N–C) groups is 2. The average molecular weight is 508 g/mol. The van der Waals surface area contributed by atoms with Gasteiger partial charge in [-0.15, -0.1) is 0 Å². The molecule has 2 atom stereocenters. The Morgan fingerprint density at radius 1 is 1.06 bits per heavy atom. The van der Waals surface area contributed by atoms with Crippen LogP contribution in [0.3, 0.4) is 0 Å². The summed E-state index contributed by atoms with van der Waals surface area (Å²) in [6, 6.07) is 14.4. The average Bonchev–Trinajstić information content (AvgIpc) is 2.81.